The van der Waals surface area contributed by atoms with E-state index in [1.165, 1.54) is 11.3 Å². The molecule has 17 heavy (non-hydrogen) atoms. The summed E-state index contributed by atoms with van der Waals surface area (Å²) in [5, 5.41) is 0. The quantitative estimate of drug-likeness (QED) is 0.916. The van der Waals surface area contributed by atoms with E-state index in [-0.39, 0.29) is 0 Å². The van der Waals surface area contributed by atoms with Crippen LogP contribution in [0.4, 0.5) is 0 Å². The molecule has 2 N–H and O–H groups in total. The van der Waals surface area contributed by atoms with Crippen LogP contribution in [0.15, 0.2) is 30.3 Å². The van der Waals surface area contributed by atoms with Gasteiger partial charge in [0.15, 0.2) is 0 Å². The van der Waals surface area contributed by atoms with Gasteiger partial charge in [-0.1, -0.05) is 29.8 Å². The Labute approximate surface area is 110 Å². The van der Waals surface area contributed by atoms with Crippen LogP contribution in [-0.4, -0.2) is 0 Å². The lowest BCUT2D eigenvalue weighted by Crippen LogP contribution is -2.03. The summed E-state index contributed by atoms with van der Waals surface area (Å²) >= 11 is 7.41. The van der Waals surface area contributed by atoms with E-state index in [1.807, 2.05) is 37.3 Å². The summed E-state index contributed by atoms with van der Waals surface area (Å²) in [6.07, 6.45) is 0. The van der Waals surface area contributed by atoms with Crippen molar-refractivity contribution >= 4 is 22.9 Å². The van der Waals surface area contributed by atoms with Gasteiger partial charge in [-0.2, -0.15) is 0 Å². The van der Waals surface area contributed by atoms with E-state index in [0.717, 1.165) is 26.1 Å². The number of benzene rings is 1. The first-order chi connectivity index (χ1) is 8.20. The molecule has 90 valence electrons. The maximum Gasteiger partial charge on any atom is 0.127 e. The van der Waals surface area contributed by atoms with Crippen LogP contribution in [0.25, 0.3) is 0 Å². The zero-order valence-corrected chi connectivity index (χ0v) is 11.1. The minimum Gasteiger partial charge on any atom is -0.487 e. The SMILES string of the molecule is Cc1cccc(CN)c1OCc1ccc(Cl)s1. The second-order valence-corrected chi connectivity index (χ2v) is 5.56. The van der Waals surface area contributed by atoms with Crippen molar-refractivity contribution in [2.45, 2.75) is 20.1 Å². The molecule has 4 heteroatoms. The molecule has 0 aliphatic carbocycles. The number of thiophene rings is 1. The third kappa shape index (κ3) is 3.00. The Hall–Kier alpha value is -1.03. The smallest absolute Gasteiger partial charge is 0.127 e. The zero-order chi connectivity index (χ0) is 12.3. The first kappa shape index (κ1) is 12.4. The van der Waals surface area contributed by atoms with E-state index >= 15 is 0 Å². The van der Waals surface area contributed by atoms with E-state index in [1.54, 1.807) is 0 Å². The molecule has 2 nitrogen and oxygen atoms in total. The Bertz CT molecular complexity index is 510. The van der Waals surface area contributed by atoms with Crippen LogP contribution in [-0.2, 0) is 13.2 Å². The summed E-state index contributed by atoms with van der Waals surface area (Å²) in [6.45, 7) is 3.05. The third-order valence-corrected chi connectivity index (χ3v) is 3.71. The maximum absolute atomic E-state index is 5.87. The number of hydrogen-bond donors (Lipinski definition) is 1. The molecule has 0 spiro atoms. The Morgan fingerprint density at radius 1 is 1.29 bits per heavy atom. The second kappa shape index (κ2) is 5.54. The maximum atomic E-state index is 5.87. The molecular weight excluding hydrogens is 254 g/mol. The summed E-state index contributed by atoms with van der Waals surface area (Å²) in [5.74, 6) is 0.888. The molecule has 1 aromatic carbocycles. The van der Waals surface area contributed by atoms with Crippen molar-refractivity contribution in [2.75, 3.05) is 0 Å². The summed E-state index contributed by atoms with van der Waals surface area (Å²) in [7, 11) is 0. The fourth-order valence-electron chi connectivity index (χ4n) is 1.65. The molecule has 0 fully saturated rings. The fourth-order valence-corrected chi connectivity index (χ4v) is 2.65. The van der Waals surface area contributed by atoms with Crippen LogP contribution in [0.3, 0.4) is 0 Å². The molecule has 0 saturated heterocycles. The molecule has 2 rings (SSSR count). The first-order valence-electron chi connectivity index (χ1n) is 5.36. The molecule has 0 aliphatic heterocycles. The van der Waals surface area contributed by atoms with Crippen LogP contribution in [0.1, 0.15) is 16.0 Å². The number of para-hydroxylation sites is 1. The van der Waals surface area contributed by atoms with Gasteiger partial charge in [0.25, 0.3) is 0 Å². The van der Waals surface area contributed by atoms with Crippen LogP contribution >= 0.6 is 22.9 Å². The van der Waals surface area contributed by atoms with Gasteiger partial charge in [-0.05, 0) is 24.6 Å². The first-order valence-corrected chi connectivity index (χ1v) is 6.55. The molecule has 0 bridgehead atoms. The molecule has 1 heterocycles. The molecule has 0 atom stereocenters. The normalized spacial score (nSPS) is 10.5. The summed E-state index contributed by atoms with van der Waals surface area (Å²) in [4.78, 5) is 1.11. The van der Waals surface area contributed by atoms with E-state index < -0.39 is 0 Å². The number of rotatable bonds is 4. The van der Waals surface area contributed by atoms with Crippen molar-refractivity contribution < 1.29 is 4.74 Å². The van der Waals surface area contributed by atoms with Gasteiger partial charge in [0.2, 0.25) is 0 Å². The van der Waals surface area contributed by atoms with E-state index in [9.17, 15) is 0 Å². The predicted molar refractivity (Wildman–Crippen MR) is 72.7 cm³/mol. The lowest BCUT2D eigenvalue weighted by atomic mass is 10.1. The molecular formula is C13H14ClNOS. The molecule has 0 unspecified atom stereocenters. The molecule has 0 saturated carbocycles. The Morgan fingerprint density at radius 3 is 2.76 bits per heavy atom. The lowest BCUT2D eigenvalue weighted by Gasteiger charge is -2.12. The average Bonchev–Trinajstić information content (AvgIpc) is 2.73. The average molecular weight is 268 g/mol. The number of halogens is 1. The van der Waals surface area contributed by atoms with Gasteiger partial charge in [0, 0.05) is 17.0 Å². The van der Waals surface area contributed by atoms with Crippen molar-refractivity contribution in [3.05, 3.63) is 50.7 Å². The predicted octanol–water partition coefficient (Wildman–Crippen LogP) is 3.75. The number of aryl methyl sites for hydroxylation is 1. The van der Waals surface area contributed by atoms with Gasteiger partial charge < -0.3 is 10.5 Å². The van der Waals surface area contributed by atoms with Crippen molar-refractivity contribution in [1.82, 2.24) is 0 Å². The van der Waals surface area contributed by atoms with Gasteiger partial charge in [0.05, 0.1) is 4.34 Å². The van der Waals surface area contributed by atoms with Crippen LogP contribution in [0, 0.1) is 6.92 Å². The lowest BCUT2D eigenvalue weighted by molar-refractivity contribution is 0.304. The number of hydrogen-bond acceptors (Lipinski definition) is 3. The van der Waals surface area contributed by atoms with Crippen LogP contribution in [0.2, 0.25) is 4.34 Å². The van der Waals surface area contributed by atoms with E-state index in [2.05, 4.69) is 0 Å². The molecule has 2 aromatic rings. The number of ether oxygens (including phenoxy) is 1. The van der Waals surface area contributed by atoms with Crippen molar-refractivity contribution in [1.29, 1.82) is 0 Å². The molecule has 0 aliphatic rings. The summed E-state index contributed by atoms with van der Waals surface area (Å²) in [5.41, 5.74) is 7.84. The minimum atomic E-state index is 0.488. The Morgan fingerprint density at radius 2 is 2.12 bits per heavy atom. The number of nitrogens with two attached hydrogens (primary N) is 1. The monoisotopic (exact) mass is 267 g/mol. The molecule has 1 aromatic heterocycles. The Kier molecular flexibility index (Phi) is 4.05. The minimum absolute atomic E-state index is 0.488. The largest absolute Gasteiger partial charge is 0.487 e. The third-order valence-electron chi connectivity index (χ3n) is 2.50. The molecule has 0 radical (unpaired) electrons. The fraction of sp³-hybridized carbons (Fsp3) is 0.231. The highest BCUT2D eigenvalue weighted by Crippen LogP contribution is 2.26. The van der Waals surface area contributed by atoms with Gasteiger partial charge in [-0.15, -0.1) is 11.3 Å². The van der Waals surface area contributed by atoms with Crippen LogP contribution in [0.5, 0.6) is 5.75 Å². The van der Waals surface area contributed by atoms with Gasteiger partial charge in [0.1, 0.15) is 12.4 Å². The highest BCUT2D eigenvalue weighted by atomic mass is 35.5. The standard InChI is InChI=1S/C13H14ClNOS/c1-9-3-2-4-10(7-15)13(9)16-8-11-5-6-12(14)17-11/h2-6H,7-8,15H2,1H3. The van der Waals surface area contributed by atoms with Crippen molar-refractivity contribution in [3.8, 4) is 5.75 Å². The summed E-state index contributed by atoms with van der Waals surface area (Å²) in [6, 6.07) is 9.87. The van der Waals surface area contributed by atoms with Gasteiger partial charge in [-0.3, -0.25) is 0 Å². The second-order valence-electron chi connectivity index (χ2n) is 3.76. The van der Waals surface area contributed by atoms with E-state index in [0.29, 0.717) is 13.2 Å². The topological polar surface area (TPSA) is 35.2 Å². The highest BCUT2D eigenvalue weighted by molar-refractivity contribution is 7.16. The summed E-state index contributed by atoms with van der Waals surface area (Å²) < 4.78 is 6.61. The van der Waals surface area contributed by atoms with Crippen LogP contribution < -0.4 is 10.5 Å². The van der Waals surface area contributed by atoms with Crippen molar-refractivity contribution in [2.24, 2.45) is 5.73 Å². The van der Waals surface area contributed by atoms with Gasteiger partial charge in [-0.25, -0.2) is 0 Å². The zero-order valence-electron chi connectivity index (χ0n) is 9.57. The molecule has 0 amide bonds. The van der Waals surface area contributed by atoms with Crippen molar-refractivity contribution in [3.63, 3.8) is 0 Å². The van der Waals surface area contributed by atoms with Gasteiger partial charge >= 0.3 is 0 Å². The van der Waals surface area contributed by atoms with E-state index in [4.69, 9.17) is 22.1 Å². The Balaban J connectivity index is 2.13. The highest BCUT2D eigenvalue weighted by Gasteiger charge is 2.06.